The fourth-order valence-electron chi connectivity index (χ4n) is 1.85. The highest BCUT2D eigenvalue weighted by Gasteiger charge is 2.11. The van der Waals surface area contributed by atoms with E-state index in [1.807, 2.05) is 13.1 Å². The number of likely N-dealkylation sites (N-methyl/N-ethyl adjacent to an activating group) is 1. The van der Waals surface area contributed by atoms with E-state index in [1.54, 1.807) is 13.2 Å². The predicted molar refractivity (Wildman–Crippen MR) is 73.7 cm³/mol. The van der Waals surface area contributed by atoms with E-state index >= 15 is 0 Å². The van der Waals surface area contributed by atoms with Crippen LogP contribution in [0.5, 0.6) is 0 Å². The molecule has 0 aliphatic rings. The van der Waals surface area contributed by atoms with Crippen molar-refractivity contribution < 1.29 is 9.13 Å². The summed E-state index contributed by atoms with van der Waals surface area (Å²) in [4.78, 5) is 0. The van der Waals surface area contributed by atoms with Crippen LogP contribution in [0.1, 0.15) is 25.3 Å². The van der Waals surface area contributed by atoms with Gasteiger partial charge in [-0.1, -0.05) is 17.7 Å². The topological polar surface area (TPSA) is 21.3 Å². The molecule has 0 spiro atoms. The number of hydrogen-bond donors (Lipinski definition) is 1. The molecule has 0 aliphatic heterocycles. The summed E-state index contributed by atoms with van der Waals surface area (Å²) in [5.41, 5.74) is 0.960. The molecule has 1 rings (SSSR count). The lowest BCUT2D eigenvalue weighted by Crippen LogP contribution is -2.28. The van der Waals surface area contributed by atoms with Crippen LogP contribution in [0.2, 0.25) is 5.02 Å². The molecule has 0 saturated carbocycles. The highest BCUT2D eigenvalue weighted by Crippen LogP contribution is 2.17. The lowest BCUT2D eigenvalue weighted by molar-refractivity contribution is 0.106. The molecule has 0 saturated heterocycles. The van der Waals surface area contributed by atoms with Crippen molar-refractivity contribution in [3.63, 3.8) is 0 Å². The van der Waals surface area contributed by atoms with Gasteiger partial charge in [0.15, 0.2) is 0 Å². The maximum Gasteiger partial charge on any atom is 0.142 e. The molecule has 0 heterocycles. The fraction of sp³-hybridized carbons (Fsp3) is 0.571. The summed E-state index contributed by atoms with van der Waals surface area (Å²) >= 11 is 5.67. The third kappa shape index (κ3) is 4.92. The van der Waals surface area contributed by atoms with Gasteiger partial charge in [-0.2, -0.15) is 0 Å². The summed E-state index contributed by atoms with van der Waals surface area (Å²) in [5.74, 6) is -0.353. The largest absolute Gasteiger partial charge is 0.382 e. The quantitative estimate of drug-likeness (QED) is 0.822. The van der Waals surface area contributed by atoms with E-state index < -0.39 is 0 Å². The molecule has 2 nitrogen and oxygen atoms in total. The van der Waals surface area contributed by atoms with E-state index in [1.165, 1.54) is 6.07 Å². The van der Waals surface area contributed by atoms with Gasteiger partial charge in [-0.15, -0.1) is 0 Å². The first-order valence-corrected chi connectivity index (χ1v) is 6.58. The van der Waals surface area contributed by atoms with Gasteiger partial charge in [0.1, 0.15) is 5.82 Å². The van der Waals surface area contributed by atoms with E-state index in [0.717, 1.165) is 24.8 Å². The van der Waals surface area contributed by atoms with Crippen molar-refractivity contribution in [2.24, 2.45) is 0 Å². The Labute approximate surface area is 113 Å². The third-order valence-electron chi connectivity index (χ3n) is 3.20. The number of hydrogen-bond acceptors (Lipinski definition) is 2. The minimum atomic E-state index is -0.353. The molecular formula is C14H21ClFNO. The molecule has 0 amide bonds. The van der Waals surface area contributed by atoms with E-state index in [-0.39, 0.29) is 16.9 Å². The number of methoxy groups -OCH3 is 1. The van der Waals surface area contributed by atoms with Crippen molar-refractivity contribution in [1.29, 1.82) is 0 Å². The van der Waals surface area contributed by atoms with Gasteiger partial charge in [0, 0.05) is 13.2 Å². The molecule has 2 atom stereocenters. The van der Waals surface area contributed by atoms with Crippen molar-refractivity contribution in [2.45, 2.75) is 38.3 Å². The Balaban J connectivity index is 2.54. The zero-order chi connectivity index (χ0) is 13.5. The summed E-state index contributed by atoms with van der Waals surface area (Å²) in [6, 6.07) is 5.31. The molecule has 0 bridgehead atoms. The lowest BCUT2D eigenvalue weighted by Gasteiger charge is -2.18. The molecule has 1 aromatic rings. The number of benzene rings is 1. The Morgan fingerprint density at radius 1 is 1.39 bits per heavy atom. The van der Waals surface area contributed by atoms with Crippen molar-refractivity contribution >= 4 is 11.6 Å². The van der Waals surface area contributed by atoms with Crippen molar-refractivity contribution in [3.8, 4) is 0 Å². The standard InChI is InChI=1S/C14H21ClFNO/c1-10(18-3)4-6-12(17-2)8-11-5-7-13(15)14(16)9-11/h5,7,9-10,12,17H,4,6,8H2,1-3H3. The predicted octanol–water partition coefficient (Wildman–Crippen LogP) is 3.42. The molecule has 18 heavy (non-hydrogen) atoms. The Hall–Kier alpha value is -0.640. The average molecular weight is 274 g/mol. The van der Waals surface area contributed by atoms with Crippen LogP contribution in [0, 0.1) is 5.82 Å². The first-order chi connectivity index (χ1) is 8.56. The maximum absolute atomic E-state index is 13.3. The summed E-state index contributed by atoms with van der Waals surface area (Å²) in [7, 11) is 3.64. The van der Waals surface area contributed by atoms with E-state index in [2.05, 4.69) is 12.2 Å². The molecule has 1 N–H and O–H groups in total. The zero-order valence-corrected chi connectivity index (χ0v) is 11.9. The van der Waals surface area contributed by atoms with Crippen LogP contribution in [-0.2, 0) is 11.2 Å². The highest BCUT2D eigenvalue weighted by molar-refractivity contribution is 6.30. The van der Waals surface area contributed by atoms with Crippen LogP contribution in [0.4, 0.5) is 4.39 Å². The van der Waals surface area contributed by atoms with E-state index in [0.29, 0.717) is 6.04 Å². The zero-order valence-electron chi connectivity index (χ0n) is 11.2. The Morgan fingerprint density at radius 2 is 2.11 bits per heavy atom. The number of halogens is 2. The molecule has 4 heteroatoms. The Morgan fingerprint density at radius 3 is 2.67 bits per heavy atom. The van der Waals surface area contributed by atoms with Gasteiger partial charge in [0.25, 0.3) is 0 Å². The number of ether oxygens (including phenoxy) is 1. The summed E-state index contributed by atoms with van der Waals surface area (Å²) in [5, 5.41) is 3.43. The van der Waals surface area contributed by atoms with Crippen molar-refractivity contribution in [1.82, 2.24) is 5.32 Å². The second-order valence-corrected chi connectivity index (χ2v) is 4.97. The monoisotopic (exact) mass is 273 g/mol. The summed E-state index contributed by atoms with van der Waals surface area (Å²) in [6.45, 7) is 2.05. The highest BCUT2D eigenvalue weighted by atomic mass is 35.5. The van der Waals surface area contributed by atoms with Gasteiger partial charge in [-0.25, -0.2) is 4.39 Å². The number of rotatable bonds is 7. The number of nitrogens with one attached hydrogen (secondary N) is 1. The second-order valence-electron chi connectivity index (χ2n) is 4.56. The average Bonchev–Trinajstić information content (AvgIpc) is 2.38. The molecule has 0 aliphatic carbocycles. The molecule has 0 aromatic heterocycles. The van der Waals surface area contributed by atoms with Gasteiger partial charge >= 0.3 is 0 Å². The fourth-order valence-corrected chi connectivity index (χ4v) is 1.97. The maximum atomic E-state index is 13.3. The van der Waals surface area contributed by atoms with Gasteiger partial charge in [0.2, 0.25) is 0 Å². The summed E-state index contributed by atoms with van der Waals surface area (Å²) < 4.78 is 18.6. The molecular weight excluding hydrogens is 253 g/mol. The van der Waals surface area contributed by atoms with Crippen LogP contribution in [0.15, 0.2) is 18.2 Å². The van der Waals surface area contributed by atoms with Crippen LogP contribution in [0.25, 0.3) is 0 Å². The van der Waals surface area contributed by atoms with Gasteiger partial charge < -0.3 is 10.1 Å². The second kappa shape index (κ2) is 7.72. The minimum Gasteiger partial charge on any atom is -0.382 e. The van der Waals surface area contributed by atoms with Crippen LogP contribution < -0.4 is 5.32 Å². The minimum absolute atomic E-state index is 0.174. The Bertz CT molecular complexity index is 373. The van der Waals surface area contributed by atoms with Crippen LogP contribution in [0.3, 0.4) is 0 Å². The molecule has 2 unspecified atom stereocenters. The van der Waals surface area contributed by atoms with E-state index in [9.17, 15) is 4.39 Å². The van der Waals surface area contributed by atoms with Crippen molar-refractivity contribution in [3.05, 3.63) is 34.6 Å². The first kappa shape index (κ1) is 15.4. The lowest BCUT2D eigenvalue weighted by atomic mass is 10.0. The smallest absolute Gasteiger partial charge is 0.142 e. The normalized spacial score (nSPS) is 14.5. The van der Waals surface area contributed by atoms with E-state index in [4.69, 9.17) is 16.3 Å². The molecule has 102 valence electrons. The van der Waals surface area contributed by atoms with Crippen molar-refractivity contribution in [2.75, 3.05) is 14.2 Å². The van der Waals surface area contributed by atoms with Gasteiger partial charge in [-0.05, 0) is 50.9 Å². The molecule has 1 aromatic carbocycles. The summed E-state index contributed by atoms with van der Waals surface area (Å²) in [6.07, 6.45) is 3.03. The van der Waals surface area contributed by atoms with Crippen LogP contribution in [-0.4, -0.2) is 26.3 Å². The van der Waals surface area contributed by atoms with Gasteiger partial charge in [-0.3, -0.25) is 0 Å². The Kier molecular flexibility index (Phi) is 6.61. The SMILES string of the molecule is CNC(CCC(C)OC)Cc1ccc(Cl)c(F)c1. The molecule has 0 fully saturated rings. The van der Waals surface area contributed by atoms with Crippen LogP contribution >= 0.6 is 11.6 Å². The third-order valence-corrected chi connectivity index (χ3v) is 3.50. The van der Waals surface area contributed by atoms with Gasteiger partial charge in [0.05, 0.1) is 11.1 Å². The first-order valence-electron chi connectivity index (χ1n) is 6.20. The molecule has 0 radical (unpaired) electrons.